The highest BCUT2D eigenvalue weighted by molar-refractivity contribution is 6.31. The lowest BCUT2D eigenvalue weighted by Gasteiger charge is -2.09. The van der Waals surface area contributed by atoms with Crippen LogP contribution >= 0.6 is 23.2 Å². The Morgan fingerprint density at radius 2 is 2.00 bits per heavy atom. The minimum absolute atomic E-state index is 0.113. The normalized spacial score (nSPS) is 10.4. The van der Waals surface area contributed by atoms with Crippen molar-refractivity contribution in [2.24, 2.45) is 0 Å². The molecule has 7 heteroatoms. The van der Waals surface area contributed by atoms with Gasteiger partial charge in [0.05, 0.1) is 4.92 Å². The molecule has 21 heavy (non-hydrogen) atoms. The first-order chi connectivity index (χ1) is 10.0. The lowest BCUT2D eigenvalue weighted by atomic mass is 10.2. The molecule has 5 nitrogen and oxygen atoms in total. The van der Waals surface area contributed by atoms with Gasteiger partial charge in [0.2, 0.25) is 5.75 Å². The Morgan fingerprint density at radius 1 is 1.24 bits per heavy atom. The fourth-order valence-corrected chi connectivity index (χ4v) is 2.18. The van der Waals surface area contributed by atoms with Gasteiger partial charge in [-0.25, -0.2) is 0 Å². The molecule has 0 saturated heterocycles. The van der Waals surface area contributed by atoms with E-state index < -0.39 is 4.92 Å². The van der Waals surface area contributed by atoms with Gasteiger partial charge in [-0.3, -0.25) is 10.1 Å². The number of halogens is 2. The topological polar surface area (TPSA) is 64.4 Å². The Labute approximate surface area is 131 Å². The van der Waals surface area contributed by atoms with Crippen molar-refractivity contribution in [3.05, 3.63) is 62.1 Å². The van der Waals surface area contributed by atoms with Crippen molar-refractivity contribution in [2.75, 3.05) is 7.05 Å². The molecule has 0 aliphatic rings. The van der Waals surface area contributed by atoms with E-state index in [2.05, 4.69) is 5.32 Å². The monoisotopic (exact) mass is 326 g/mol. The van der Waals surface area contributed by atoms with Gasteiger partial charge in [-0.05, 0) is 36.9 Å². The van der Waals surface area contributed by atoms with Crippen LogP contribution in [-0.2, 0) is 6.54 Å². The molecule has 0 spiro atoms. The summed E-state index contributed by atoms with van der Waals surface area (Å²) in [5, 5.41) is 14.8. The van der Waals surface area contributed by atoms with Crippen molar-refractivity contribution in [3.63, 3.8) is 0 Å². The number of nitrogens with one attached hydrogen (secondary N) is 1. The summed E-state index contributed by atoms with van der Waals surface area (Å²) in [7, 11) is 1.82. The number of nitro benzene ring substituents is 1. The van der Waals surface area contributed by atoms with E-state index in [0.29, 0.717) is 17.3 Å². The number of hydrogen-bond donors (Lipinski definition) is 1. The fraction of sp³-hybridized carbons (Fsp3) is 0.143. The zero-order valence-electron chi connectivity index (χ0n) is 11.1. The molecule has 0 unspecified atom stereocenters. The third kappa shape index (κ3) is 3.85. The van der Waals surface area contributed by atoms with E-state index in [0.717, 1.165) is 5.56 Å². The van der Waals surface area contributed by atoms with E-state index in [9.17, 15) is 10.1 Å². The predicted octanol–water partition coefficient (Wildman–Crippen LogP) is 4.41. The molecule has 0 atom stereocenters. The maximum atomic E-state index is 11.0. The van der Waals surface area contributed by atoms with Crippen LogP contribution in [0.3, 0.4) is 0 Å². The van der Waals surface area contributed by atoms with Crippen molar-refractivity contribution >= 4 is 28.9 Å². The third-order valence-electron chi connectivity index (χ3n) is 2.74. The quantitative estimate of drug-likeness (QED) is 0.652. The smallest absolute Gasteiger partial charge is 0.313 e. The second-order valence-electron chi connectivity index (χ2n) is 4.25. The second kappa shape index (κ2) is 6.76. The van der Waals surface area contributed by atoms with Crippen LogP contribution in [-0.4, -0.2) is 12.0 Å². The molecule has 2 aromatic rings. The van der Waals surface area contributed by atoms with E-state index in [4.69, 9.17) is 27.9 Å². The maximum absolute atomic E-state index is 11.0. The van der Waals surface area contributed by atoms with Crippen LogP contribution in [0.15, 0.2) is 36.4 Å². The molecule has 0 amide bonds. The molecule has 0 radical (unpaired) electrons. The maximum Gasteiger partial charge on any atom is 0.313 e. The van der Waals surface area contributed by atoms with Gasteiger partial charge in [-0.1, -0.05) is 29.3 Å². The van der Waals surface area contributed by atoms with E-state index in [1.54, 1.807) is 18.2 Å². The van der Waals surface area contributed by atoms with Gasteiger partial charge in [0.1, 0.15) is 5.75 Å². The van der Waals surface area contributed by atoms with Gasteiger partial charge in [0.25, 0.3) is 0 Å². The minimum Gasteiger partial charge on any atom is -0.450 e. The molecule has 0 bridgehead atoms. The van der Waals surface area contributed by atoms with E-state index in [-0.39, 0.29) is 16.5 Å². The molecule has 2 rings (SSSR count). The van der Waals surface area contributed by atoms with Crippen molar-refractivity contribution in [1.82, 2.24) is 5.32 Å². The summed E-state index contributed by atoms with van der Waals surface area (Å²) in [5.74, 6) is 0.534. The molecule has 0 heterocycles. The first-order valence-electron chi connectivity index (χ1n) is 6.06. The highest BCUT2D eigenvalue weighted by Gasteiger charge is 2.16. The Morgan fingerprint density at radius 3 is 2.62 bits per heavy atom. The van der Waals surface area contributed by atoms with Crippen LogP contribution < -0.4 is 10.1 Å². The fourth-order valence-electron chi connectivity index (χ4n) is 1.77. The van der Waals surface area contributed by atoms with Gasteiger partial charge < -0.3 is 10.1 Å². The van der Waals surface area contributed by atoms with Crippen LogP contribution in [0.4, 0.5) is 5.69 Å². The van der Waals surface area contributed by atoms with Crippen LogP contribution in [0.25, 0.3) is 0 Å². The molecule has 0 aliphatic heterocycles. The van der Waals surface area contributed by atoms with Gasteiger partial charge in [0.15, 0.2) is 0 Å². The molecule has 0 aliphatic carbocycles. The highest BCUT2D eigenvalue weighted by atomic mass is 35.5. The minimum atomic E-state index is -0.543. The summed E-state index contributed by atoms with van der Waals surface area (Å²) in [6.45, 7) is 0.625. The standard InChI is InChI=1S/C14H12Cl2N2O3/c1-17-8-9-2-4-11(7-12(9)16)21-14-5-3-10(15)6-13(14)18(19)20/h2-7,17H,8H2,1H3. The van der Waals surface area contributed by atoms with E-state index in [1.807, 2.05) is 7.05 Å². The zero-order valence-corrected chi connectivity index (χ0v) is 12.6. The zero-order chi connectivity index (χ0) is 15.4. The third-order valence-corrected chi connectivity index (χ3v) is 3.32. The van der Waals surface area contributed by atoms with E-state index >= 15 is 0 Å². The average Bonchev–Trinajstić information content (AvgIpc) is 2.44. The van der Waals surface area contributed by atoms with Gasteiger partial charge in [-0.15, -0.1) is 0 Å². The molecule has 0 fully saturated rings. The first kappa shape index (κ1) is 15.6. The number of nitro groups is 1. The Balaban J connectivity index is 2.30. The number of nitrogens with zero attached hydrogens (tertiary/aromatic N) is 1. The van der Waals surface area contributed by atoms with Crippen LogP contribution in [0, 0.1) is 10.1 Å². The number of ether oxygens (including phenoxy) is 1. The van der Waals surface area contributed by atoms with E-state index in [1.165, 1.54) is 18.2 Å². The molecular formula is C14H12Cl2N2O3. The largest absolute Gasteiger partial charge is 0.450 e. The predicted molar refractivity (Wildman–Crippen MR) is 82.4 cm³/mol. The Hall–Kier alpha value is -1.82. The highest BCUT2D eigenvalue weighted by Crippen LogP contribution is 2.34. The Kier molecular flexibility index (Phi) is 5.01. The first-order valence-corrected chi connectivity index (χ1v) is 6.81. The van der Waals surface area contributed by atoms with Crippen LogP contribution in [0.2, 0.25) is 10.0 Å². The van der Waals surface area contributed by atoms with Gasteiger partial charge in [-0.2, -0.15) is 0 Å². The van der Waals surface area contributed by atoms with Gasteiger partial charge in [0, 0.05) is 22.7 Å². The molecule has 0 saturated carbocycles. The lowest BCUT2D eigenvalue weighted by molar-refractivity contribution is -0.385. The van der Waals surface area contributed by atoms with Crippen molar-refractivity contribution in [3.8, 4) is 11.5 Å². The molecular weight excluding hydrogens is 315 g/mol. The molecule has 1 N–H and O–H groups in total. The number of hydrogen-bond acceptors (Lipinski definition) is 4. The molecule has 0 aromatic heterocycles. The van der Waals surface area contributed by atoms with Crippen molar-refractivity contribution in [2.45, 2.75) is 6.54 Å². The average molecular weight is 327 g/mol. The number of rotatable bonds is 5. The summed E-state index contributed by atoms with van der Waals surface area (Å²) in [4.78, 5) is 10.5. The van der Waals surface area contributed by atoms with Crippen LogP contribution in [0.1, 0.15) is 5.56 Å². The lowest BCUT2D eigenvalue weighted by Crippen LogP contribution is -2.05. The molecule has 110 valence electrons. The van der Waals surface area contributed by atoms with Crippen molar-refractivity contribution < 1.29 is 9.66 Å². The van der Waals surface area contributed by atoms with Crippen molar-refractivity contribution in [1.29, 1.82) is 0 Å². The summed E-state index contributed by atoms with van der Waals surface area (Å²) in [6.07, 6.45) is 0. The SMILES string of the molecule is CNCc1ccc(Oc2ccc(Cl)cc2[N+](=O)[O-])cc1Cl. The second-order valence-corrected chi connectivity index (χ2v) is 5.10. The van der Waals surface area contributed by atoms with Crippen LogP contribution in [0.5, 0.6) is 11.5 Å². The molecule has 2 aromatic carbocycles. The van der Waals surface area contributed by atoms with Gasteiger partial charge >= 0.3 is 5.69 Å². The summed E-state index contributed by atoms with van der Waals surface area (Å²) < 4.78 is 5.53. The summed E-state index contributed by atoms with van der Waals surface area (Å²) >= 11 is 11.9. The Bertz CT molecular complexity index is 677. The summed E-state index contributed by atoms with van der Waals surface area (Å²) in [6, 6.07) is 9.35. The summed E-state index contributed by atoms with van der Waals surface area (Å²) in [5.41, 5.74) is 0.718. The number of benzene rings is 2.